The number of piperazine rings is 1. The van der Waals surface area contributed by atoms with Crippen molar-refractivity contribution in [3.63, 3.8) is 0 Å². The van der Waals surface area contributed by atoms with Gasteiger partial charge in [0.25, 0.3) is 0 Å². The third-order valence-corrected chi connectivity index (χ3v) is 6.96. The van der Waals surface area contributed by atoms with Crippen LogP contribution in [0.3, 0.4) is 0 Å². The minimum absolute atomic E-state index is 0.0927. The summed E-state index contributed by atoms with van der Waals surface area (Å²) in [5.41, 5.74) is 3.34. The zero-order valence-electron chi connectivity index (χ0n) is 20.5. The van der Waals surface area contributed by atoms with E-state index in [2.05, 4.69) is 21.4 Å². The number of hydrogen-bond donors (Lipinski definition) is 2. The van der Waals surface area contributed by atoms with E-state index < -0.39 is 5.97 Å². The number of hydrogen-bond acceptors (Lipinski definition) is 8. The maximum atomic E-state index is 12.5. The Morgan fingerprint density at radius 1 is 1.16 bits per heavy atom. The van der Waals surface area contributed by atoms with Gasteiger partial charge in [0.2, 0.25) is 5.91 Å². The number of halogens is 1. The molecule has 1 saturated heterocycles. The van der Waals surface area contributed by atoms with E-state index in [1.807, 2.05) is 35.8 Å². The van der Waals surface area contributed by atoms with E-state index in [0.29, 0.717) is 48.7 Å². The van der Waals surface area contributed by atoms with Gasteiger partial charge in [-0.15, -0.1) is 0 Å². The number of nitrogens with zero attached hydrogens (tertiary/aromatic N) is 6. The van der Waals surface area contributed by atoms with Crippen molar-refractivity contribution >= 4 is 46.0 Å². The summed E-state index contributed by atoms with van der Waals surface area (Å²) in [6.45, 7) is 6.14. The van der Waals surface area contributed by atoms with E-state index in [0.717, 1.165) is 24.0 Å². The molecule has 2 fully saturated rings. The second kappa shape index (κ2) is 9.82. The molecule has 3 heterocycles. The van der Waals surface area contributed by atoms with Crippen LogP contribution in [0.25, 0.3) is 11.0 Å². The first-order valence-corrected chi connectivity index (χ1v) is 12.6. The Labute approximate surface area is 218 Å². The van der Waals surface area contributed by atoms with Gasteiger partial charge < -0.3 is 20.2 Å². The zero-order chi connectivity index (χ0) is 26.3. The summed E-state index contributed by atoms with van der Waals surface area (Å²) in [5.74, 6) is -0.296. The topological polar surface area (TPSA) is 135 Å². The minimum Gasteiger partial charge on any atom is -0.476 e. The molecular weight excluding hydrogens is 494 g/mol. The molecule has 190 valence electrons. The van der Waals surface area contributed by atoms with Crippen molar-refractivity contribution in [2.45, 2.75) is 32.7 Å². The first-order chi connectivity index (χ1) is 17.7. The van der Waals surface area contributed by atoms with E-state index in [1.165, 1.54) is 6.07 Å². The Hall–Kier alpha value is -3.97. The standard InChI is InChI=1S/C26H26ClN7O3/c1-14-11-17(15(2)29-18-5-6-21(27)31-23(18)26(36)37)22-19(12-14)30-20(13-28)24(32-22)33-7-9-34(10-8-33)25(35)16-3-4-16/h5-6,11-12,15-16,29H,3-4,7-10H2,1-2H3,(H,36,37)/t15-/m1/s1. The fourth-order valence-corrected chi connectivity index (χ4v) is 4.85. The average molecular weight is 520 g/mol. The summed E-state index contributed by atoms with van der Waals surface area (Å²) in [4.78, 5) is 41.6. The molecular formula is C26H26ClN7O3. The number of rotatable bonds is 6. The van der Waals surface area contributed by atoms with Gasteiger partial charge in [-0.25, -0.2) is 19.7 Å². The highest BCUT2D eigenvalue weighted by Crippen LogP contribution is 2.33. The van der Waals surface area contributed by atoms with Gasteiger partial charge in [0.1, 0.15) is 11.2 Å². The van der Waals surface area contributed by atoms with Crippen LogP contribution in [0.5, 0.6) is 0 Å². The van der Waals surface area contributed by atoms with Gasteiger partial charge in [0, 0.05) is 37.7 Å². The average Bonchev–Trinajstić information content (AvgIpc) is 3.73. The van der Waals surface area contributed by atoms with E-state index in [4.69, 9.17) is 16.6 Å². The summed E-state index contributed by atoms with van der Waals surface area (Å²) < 4.78 is 0. The molecule has 37 heavy (non-hydrogen) atoms. The molecule has 1 aliphatic carbocycles. The summed E-state index contributed by atoms with van der Waals surface area (Å²) in [5, 5.41) is 22.7. The molecule has 0 spiro atoms. The number of benzene rings is 1. The van der Waals surface area contributed by atoms with Gasteiger partial charge in [-0.2, -0.15) is 5.26 Å². The van der Waals surface area contributed by atoms with Crippen LogP contribution in [0.15, 0.2) is 24.3 Å². The summed E-state index contributed by atoms with van der Waals surface area (Å²) in [6, 6.07) is 8.79. The largest absolute Gasteiger partial charge is 0.476 e. The van der Waals surface area contributed by atoms with Crippen LogP contribution in [0.2, 0.25) is 5.15 Å². The molecule has 1 saturated carbocycles. The van der Waals surface area contributed by atoms with Crippen molar-refractivity contribution in [3.05, 3.63) is 51.9 Å². The Morgan fingerprint density at radius 3 is 2.54 bits per heavy atom. The fourth-order valence-electron chi connectivity index (χ4n) is 4.70. The number of carboxylic acids is 1. The fraction of sp³-hybridized carbons (Fsp3) is 0.385. The van der Waals surface area contributed by atoms with Crippen LogP contribution in [0, 0.1) is 24.2 Å². The molecule has 2 aromatic heterocycles. The molecule has 10 nitrogen and oxygen atoms in total. The van der Waals surface area contributed by atoms with E-state index >= 15 is 0 Å². The number of pyridine rings is 1. The second-order valence-electron chi connectivity index (χ2n) is 9.52. The zero-order valence-corrected chi connectivity index (χ0v) is 21.3. The third kappa shape index (κ3) is 5.00. The number of anilines is 2. The lowest BCUT2D eigenvalue weighted by atomic mass is 10.0. The van der Waals surface area contributed by atoms with Gasteiger partial charge in [0.05, 0.1) is 22.8 Å². The lowest BCUT2D eigenvalue weighted by molar-refractivity contribution is -0.132. The molecule has 2 N–H and O–H groups in total. The van der Waals surface area contributed by atoms with Gasteiger partial charge in [-0.05, 0) is 50.5 Å². The normalized spacial score (nSPS) is 16.4. The molecule has 0 radical (unpaired) electrons. The lowest BCUT2D eigenvalue weighted by Crippen LogP contribution is -2.49. The molecule has 1 atom stereocenters. The molecule has 1 aromatic carbocycles. The first kappa shape index (κ1) is 24.7. The SMILES string of the molecule is Cc1cc([C@@H](C)Nc2ccc(Cl)nc2C(=O)O)c2nc(N3CCN(C(=O)C4CC4)CC3)c(C#N)nc2c1. The number of amides is 1. The monoisotopic (exact) mass is 519 g/mol. The predicted octanol–water partition coefficient (Wildman–Crippen LogP) is 3.79. The number of carboxylic acid groups (broad SMARTS) is 1. The van der Waals surface area contributed by atoms with Gasteiger partial charge in [-0.3, -0.25) is 4.79 Å². The van der Waals surface area contributed by atoms with Crippen LogP contribution in [-0.2, 0) is 4.79 Å². The van der Waals surface area contributed by atoms with Crippen molar-refractivity contribution in [2.75, 3.05) is 36.4 Å². The molecule has 1 aliphatic heterocycles. The van der Waals surface area contributed by atoms with Crippen LogP contribution in [0.4, 0.5) is 11.5 Å². The quantitative estimate of drug-likeness (QED) is 0.466. The maximum Gasteiger partial charge on any atom is 0.356 e. The molecule has 0 bridgehead atoms. The Balaban J connectivity index is 1.48. The summed E-state index contributed by atoms with van der Waals surface area (Å²) >= 11 is 5.90. The number of aromatic carboxylic acids is 1. The van der Waals surface area contributed by atoms with Gasteiger partial charge >= 0.3 is 5.97 Å². The Bertz CT molecular complexity index is 1440. The van der Waals surface area contributed by atoms with Crippen LogP contribution in [0.1, 0.15) is 53.1 Å². The summed E-state index contributed by atoms with van der Waals surface area (Å²) in [6.07, 6.45) is 1.95. The molecule has 11 heteroatoms. The lowest BCUT2D eigenvalue weighted by Gasteiger charge is -2.35. The number of carbonyl (C=O) groups excluding carboxylic acids is 1. The molecule has 0 unspecified atom stereocenters. The van der Waals surface area contributed by atoms with E-state index in [9.17, 15) is 20.0 Å². The second-order valence-corrected chi connectivity index (χ2v) is 9.90. The van der Waals surface area contributed by atoms with Crippen molar-refractivity contribution in [1.29, 1.82) is 5.26 Å². The van der Waals surface area contributed by atoms with E-state index in [1.54, 1.807) is 6.07 Å². The number of carbonyl (C=O) groups is 2. The highest BCUT2D eigenvalue weighted by Gasteiger charge is 2.35. The van der Waals surface area contributed by atoms with Crippen molar-refractivity contribution < 1.29 is 14.7 Å². The number of fused-ring (bicyclic) bond motifs is 1. The van der Waals surface area contributed by atoms with Gasteiger partial charge in [-0.1, -0.05) is 17.7 Å². The van der Waals surface area contributed by atoms with Gasteiger partial charge in [0.15, 0.2) is 17.2 Å². The van der Waals surface area contributed by atoms with Crippen LogP contribution in [-0.4, -0.2) is 63.0 Å². The number of nitrogens with one attached hydrogen (secondary N) is 1. The number of aromatic nitrogens is 3. The molecule has 5 rings (SSSR count). The highest BCUT2D eigenvalue weighted by atomic mass is 35.5. The molecule has 3 aromatic rings. The van der Waals surface area contributed by atoms with Crippen LogP contribution >= 0.6 is 11.6 Å². The predicted molar refractivity (Wildman–Crippen MR) is 139 cm³/mol. The van der Waals surface area contributed by atoms with Crippen molar-refractivity contribution in [2.24, 2.45) is 5.92 Å². The van der Waals surface area contributed by atoms with Crippen molar-refractivity contribution in [3.8, 4) is 6.07 Å². The van der Waals surface area contributed by atoms with Crippen LogP contribution < -0.4 is 10.2 Å². The minimum atomic E-state index is -1.19. The van der Waals surface area contributed by atoms with Crippen molar-refractivity contribution in [1.82, 2.24) is 19.9 Å². The molecule has 2 aliphatic rings. The number of aryl methyl sites for hydroxylation is 1. The number of nitriles is 1. The Morgan fingerprint density at radius 2 is 1.89 bits per heavy atom. The highest BCUT2D eigenvalue weighted by molar-refractivity contribution is 6.29. The maximum absolute atomic E-state index is 12.5. The third-order valence-electron chi connectivity index (χ3n) is 6.75. The molecule has 1 amide bonds. The smallest absolute Gasteiger partial charge is 0.356 e. The summed E-state index contributed by atoms with van der Waals surface area (Å²) in [7, 11) is 0. The Kier molecular flexibility index (Phi) is 6.56. The first-order valence-electron chi connectivity index (χ1n) is 12.2. The van der Waals surface area contributed by atoms with E-state index in [-0.39, 0.29) is 34.4 Å².